The fourth-order valence-electron chi connectivity index (χ4n) is 0. The Kier molecular flexibility index (Phi) is 17.2. The van der Waals surface area contributed by atoms with Gasteiger partial charge in [-0.1, -0.05) is 0 Å². The second kappa shape index (κ2) is 9.77. The summed E-state index contributed by atoms with van der Waals surface area (Å²) in [5, 5.41) is 21.5. The Balaban J connectivity index is 0. The zero-order chi connectivity index (χ0) is 5.58. The molecule has 0 unspecified atom stereocenters. The van der Waals surface area contributed by atoms with Crippen LogP contribution >= 0.6 is 0 Å². The quantitative estimate of drug-likeness (QED) is 0.325. The predicted molar refractivity (Wildman–Crippen MR) is 24.0 cm³/mol. The molecule has 0 aliphatic carbocycles. The zero-order valence-corrected chi connectivity index (χ0v) is 7.04. The average Bonchev–Trinajstić information content (AvgIpc) is 1.41. The Morgan fingerprint density at radius 1 is 1.17 bits per heavy atom. The van der Waals surface area contributed by atoms with Crippen molar-refractivity contribution in [2.45, 2.75) is 1.02 Å². The van der Waals surface area contributed by atoms with E-state index < -0.39 is 7.32 Å². The van der Waals surface area contributed by atoms with Gasteiger partial charge < -0.3 is 15.1 Å². The van der Waals surface area contributed by atoms with Gasteiger partial charge in [-0.2, -0.15) is 0 Å². The fraction of sp³-hybridized carbons (Fsp3) is 1.00. The molecule has 6 heavy (non-hydrogen) atoms. The topological polar surface area (TPSA) is 60.7 Å². The van der Waals surface area contributed by atoms with Gasteiger partial charge in [-0.05, 0) is 0 Å². The molecule has 0 saturated heterocycles. The maximum atomic E-state index is 7.17. The minimum absolute atomic E-state index is 1.06. The Labute approximate surface area is 71.1 Å². The Morgan fingerprint density at radius 3 is 1.17 bits per heavy atom. The summed E-state index contributed by atoms with van der Waals surface area (Å²) in [5.74, 6) is 0. The van der Waals surface area contributed by atoms with E-state index >= 15 is 0 Å². The predicted octanol–water partition coefficient (Wildman–Crippen LogP) is -1.85. The van der Waals surface area contributed by atoms with E-state index in [9.17, 15) is 0 Å². The van der Waals surface area contributed by atoms with Crippen molar-refractivity contribution in [1.29, 1.82) is 0 Å². The normalized spacial score (nSPS) is 5.67. The third-order valence-corrected chi connectivity index (χ3v) is 0. The van der Waals surface area contributed by atoms with Gasteiger partial charge in [0.15, 0.2) is 0 Å². The van der Waals surface area contributed by atoms with Gasteiger partial charge in [0.2, 0.25) is 0 Å². The van der Waals surface area contributed by atoms with Crippen LogP contribution in [0.25, 0.3) is 0 Å². The molecule has 0 rings (SSSR count). The van der Waals surface area contributed by atoms with Crippen LogP contribution in [0, 0.1) is 0 Å². The van der Waals surface area contributed by atoms with Crippen molar-refractivity contribution in [3.8, 4) is 0 Å². The third-order valence-electron chi connectivity index (χ3n) is 0. The van der Waals surface area contributed by atoms with Crippen molar-refractivity contribution < 1.29 is 15.1 Å². The molecular weight excluding hydrogens is 110 g/mol. The first-order valence-electron chi connectivity index (χ1n) is 1.77. The number of rotatable bonds is 0. The summed E-state index contributed by atoms with van der Waals surface area (Å²) < 4.78 is 2.19. The van der Waals surface area contributed by atoms with Crippen molar-refractivity contribution in [3.63, 3.8) is 0 Å². The second-order valence-corrected chi connectivity index (χ2v) is 0.346. The molecule has 0 radical (unpaired) electrons. The van der Waals surface area contributed by atoms with Gasteiger partial charge in [-0.3, -0.25) is 0 Å². The molecule has 3 N–H and O–H groups in total. The van der Waals surface area contributed by atoms with Crippen LogP contribution in [0.2, 0.25) is 1.02 Å². The Morgan fingerprint density at radius 2 is 1.17 bits per heavy atom. The summed E-state index contributed by atoms with van der Waals surface area (Å²) in [6.07, 6.45) is 0. The van der Waals surface area contributed by atoms with E-state index in [1.54, 1.807) is 0 Å². The standard InChI is InChI=1S/CH3.BH3O3.K/c;2-1(3)4;/h1H3;2-4H;. The molecule has 0 atom stereocenters. The van der Waals surface area contributed by atoms with Crippen LogP contribution in [-0.4, -0.2) is 71.3 Å². The molecule has 0 saturated carbocycles. The van der Waals surface area contributed by atoms with Crippen molar-refractivity contribution in [2.24, 2.45) is 0 Å². The zero-order valence-electron chi connectivity index (χ0n) is 3.92. The van der Waals surface area contributed by atoms with E-state index in [0.29, 0.717) is 0 Å². The van der Waals surface area contributed by atoms with Crippen LogP contribution in [-0.2, 0) is 0 Å². The minimum atomic E-state index is -2.17. The summed E-state index contributed by atoms with van der Waals surface area (Å²) in [6, 6.07) is 0. The van der Waals surface area contributed by atoms with Crippen molar-refractivity contribution >= 4 is 56.3 Å². The van der Waals surface area contributed by atoms with Gasteiger partial charge in [0.1, 0.15) is 0 Å². The van der Waals surface area contributed by atoms with Crippen LogP contribution in [0.3, 0.4) is 0 Å². The van der Waals surface area contributed by atoms with E-state index in [1.807, 2.05) is 0 Å². The van der Waals surface area contributed by atoms with Crippen LogP contribution in [0.4, 0.5) is 0 Å². The molecule has 5 heteroatoms. The number of hydrogen-bond donors (Lipinski definition) is 3. The van der Waals surface area contributed by atoms with Gasteiger partial charge in [-0.25, -0.2) is 0 Å². The summed E-state index contributed by atoms with van der Waals surface area (Å²) in [4.78, 5) is 0. The van der Waals surface area contributed by atoms with E-state index in [-0.39, 0.29) is 0 Å². The van der Waals surface area contributed by atoms with Gasteiger partial charge >= 0.3 is 57.3 Å². The van der Waals surface area contributed by atoms with Crippen molar-refractivity contribution in [3.05, 3.63) is 0 Å². The van der Waals surface area contributed by atoms with Crippen LogP contribution in [0.15, 0.2) is 0 Å². The fourth-order valence-corrected chi connectivity index (χ4v) is 0. The van der Waals surface area contributed by atoms with E-state index in [2.05, 4.69) is 1.02 Å². The summed E-state index contributed by atoms with van der Waals surface area (Å²) >= 11 is 1.06. The molecule has 0 aliphatic rings. The van der Waals surface area contributed by atoms with Crippen molar-refractivity contribution in [1.82, 2.24) is 0 Å². The first-order chi connectivity index (χ1) is 2.73. The molecule has 32 valence electrons. The van der Waals surface area contributed by atoms with Gasteiger partial charge in [0, 0.05) is 0 Å². The first-order valence-corrected chi connectivity index (χ1v) is 4.90. The van der Waals surface area contributed by atoms with E-state index in [4.69, 9.17) is 15.1 Å². The molecule has 0 aliphatic heterocycles. The molecule has 0 aromatic heterocycles. The van der Waals surface area contributed by atoms with E-state index in [1.165, 1.54) is 0 Å². The molecule has 0 aromatic rings. The van der Waals surface area contributed by atoms with Crippen LogP contribution < -0.4 is 0 Å². The molecule has 0 fully saturated rings. The summed E-state index contributed by atoms with van der Waals surface area (Å²) in [5.41, 5.74) is 0. The summed E-state index contributed by atoms with van der Waals surface area (Å²) in [6.45, 7) is 0. The molecule has 0 amide bonds. The van der Waals surface area contributed by atoms with E-state index in [0.717, 1.165) is 49.0 Å². The van der Waals surface area contributed by atoms with Gasteiger partial charge in [0.25, 0.3) is 0 Å². The van der Waals surface area contributed by atoms with Crippen molar-refractivity contribution in [2.75, 3.05) is 0 Å². The van der Waals surface area contributed by atoms with Gasteiger partial charge in [-0.15, -0.1) is 0 Å². The molecule has 0 bridgehead atoms. The van der Waals surface area contributed by atoms with Gasteiger partial charge in [0.05, 0.1) is 0 Å². The molecule has 0 aromatic carbocycles. The van der Waals surface area contributed by atoms with Crippen LogP contribution in [0.5, 0.6) is 0 Å². The first kappa shape index (κ1) is 10.5. The average molecular weight is 116 g/mol. The molecule has 0 spiro atoms. The molecule has 0 heterocycles. The third kappa shape index (κ3) is 46.8. The number of hydrogen-bond acceptors (Lipinski definition) is 3. The Bertz CT molecular complexity index is 15.5. The SMILES string of the molecule is OB(O)O.[CH3][K]. The summed E-state index contributed by atoms with van der Waals surface area (Å²) in [7, 11) is -2.17. The second-order valence-electron chi connectivity index (χ2n) is 0.346. The maximum absolute atomic E-state index is 7.17. The molecular formula is CH6BKO3. The molecule has 3 nitrogen and oxygen atoms in total. The van der Waals surface area contributed by atoms with Crippen LogP contribution in [0.1, 0.15) is 0 Å². The monoisotopic (exact) mass is 116 g/mol. The Hall–Kier alpha value is 1.58.